The smallest absolute Gasteiger partial charge is 0.469 e. The molecule has 13 nitrogen and oxygen atoms in total. The number of hydrogen-bond donors (Lipinski definition) is 0. The summed E-state index contributed by atoms with van der Waals surface area (Å²) in [6.45, 7) is 21.1. The van der Waals surface area contributed by atoms with Gasteiger partial charge in [0.1, 0.15) is 37.7 Å². The van der Waals surface area contributed by atoms with Crippen LogP contribution >= 0.6 is 0 Å². The van der Waals surface area contributed by atoms with Crippen LogP contribution in [0, 0.1) is 10.8 Å². The molecule has 2 unspecified atom stereocenters. The topological polar surface area (TPSA) is 159 Å². The van der Waals surface area contributed by atoms with Gasteiger partial charge in [-0.15, -0.1) is 0 Å². The maximum atomic E-state index is 13.9. The molecule has 2 aromatic rings. The van der Waals surface area contributed by atoms with Crippen LogP contribution in [0.25, 0.3) is 0 Å². The zero-order chi connectivity index (χ0) is 57.7. The Balaban J connectivity index is 0.000000360. The van der Waals surface area contributed by atoms with Gasteiger partial charge in [0, 0.05) is 6.42 Å². The summed E-state index contributed by atoms with van der Waals surface area (Å²) >= 11 is 0. The van der Waals surface area contributed by atoms with E-state index >= 15 is 0 Å². The molecule has 4 aliphatic rings. The third kappa shape index (κ3) is 18.8. The molecule has 0 saturated carbocycles. The molecule has 22 heteroatoms. The second-order valence-electron chi connectivity index (χ2n) is 20.3. The second-order valence-corrected chi connectivity index (χ2v) is 21.8. The van der Waals surface area contributed by atoms with Crippen LogP contribution in [-0.4, -0.2) is 96.1 Å². The van der Waals surface area contributed by atoms with Crippen LogP contribution in [-0.2, 0) is 74.7 Å². The van der Waals surface area contributed by atoms with Gasteiger partial charge >= 0.3 is 41.8 Å². The number of carbonyl (C=O) groups excluding carboxylic acids is 3. The van der Waals surface area contributed by atoms with Crippen molar-refractivity contribution < 1.29 is 86.2 Å². The zero-order valence-corrected chi connectivity index (χ0v) is 46.9. The molecule has 2 saturated heterocycles. The normalized spacial score (nSPS) is 22.2. The highest BCUT2D eigenvalue weighted by atomic mass is 32.2. The first-order chi connectivity index (χ1) is 35.5. The van der Waals surface area contributed by atoms with Crippen LogP contribution in [0.15, 0.2) is 95.6 Å². The molecule has 76 heavy (non-hydrogen) atoms. The minimum atomic E-state index is -5.75. The van der Waals surface area contributed by atoms with Crippen molar-refractivity contribution in [3.05, 3.63) is 107 Å². The minimum Gasteiger partial charge on any atom is -0.469 e. The predicted molar refractivity (Wildman–Crippen MR) is 279 cm³/mol. The van der Waals surface area contributed by atoms with Crippen LogP contribution in [0.2, 0.25) is 0 Å². The average molecular weight is 1100 g/mol. The van der Waals surface area contributed by atoms with E-state index in [4.69, 9.17) is 23.4 Å². The van der Waals surface area contributed by atoms with Crippen molar-refractivity contribution in [3.63, 3.8) is 0 Å². The van der Waals surface area contributed by atoms with Gasteiger partial charge in [0.2, 0.25) is 0 Å². The molecule has 0 N–H and O–H groups in total. The van der Waals surface area contributed by atoms with Gasteiger partial charge < -0.3 is 37.0 Å². The summed E-state index contributed by atoms with van der Waals surface area (Å²) in [5, 5.41) is 0. The lowest BCUT2D eigenvalue weighted by atomic mass is 9.66. The van der Waals surface area contributed by atoms with E-state index in [2.05, 4.69) is 20.6 Å². The van der Waals surface area contributed by atoms with Crippen molar-refractivity contribution in [2.24, 2.45) is 10.8 Å². The Morgan fingerprint density at radius 2 is 1.18 bits per heavy atom. The van der Waals surface area contributed by atoms with Gasteiger partial charge in [0.05, 0.1) is 41.6 Å². The molecule has 6 rings (SSSR count). The number of hydrogen-bond acceptors (Lipinski definition) is 13. The van der Waals surface area contributed by atoms with Gasteiger partial charge in [-0.1, -0.05) is 100 Å². The van der Waals surface area contributed by atoms with Crippen molar-refractivity contribution in [2.45, 2.75) is 175 Å². The summed E-state index contributed by atoms with van der Waals surface area (Å²) in [6, 6.07) is 19.0. The van der Waals surface area contributed by atoms with E-state index in [1.165, 1.54) is 0 Å². The van der Waals surface area contributed by atoms with E-state index in [0.29, 0.717) is 38.8 Å². The molecule has 426 valence electrons. The highest BCUT2D eigenvalue weighted by Crippen LogP contribution is 2.44. The predicted octanol–water partition coefficient (Wildman–Crippen LogP) is 12.6. The van der Waals surface area contributed by atoms with Crippen molar-refractivity contribution in [1.29, 1.82) is 0 Å². The van der Waals surface area contributed by atoms with E-state index in [0.717, 1.165) is 48.1 Å². The standard InChI is InChI=1S/C21H28BFO4.C13H24BFO2.C10H12F4O5S.C8H8O2.C2H6/c1-19(2)20(3,4)27-22(26-19)17-10-12-21(15-23,13-11-17)18(24)25-14-16-8-6-5-7-9-16;1-6-8-11(9-7-10-15)14-16-12(2,3)13(4,5)17-14;1-18-8(15)9(6-11)4-2-7(3-5-9)19-20(16,17)10(12,13)14;9-7-10-6-8-4-2-1-3-5-8;1-2/h5-10H,11-15H2,1-4H3;9H,6-8,10H2,1-5H3;2H,3-6H2,1H3;1-5,7H,6H2;1-2H3/b;11-9+;;;. The number of alkyl halides is 6. The Morgan fingerprint density at radius 1 is 0.711 bits per heavy atom. The largest absolute Gasteiger partial charge is 0.534 e. The average Bonchev–Trinajstić information content (AvgIpc) is 3.76. The fourth-order valence-electron chi connectivity index (χ4n) is 7.62. The number of ether oxygens (including phenoxy) is 3. The minimum absolute atomic E-state index is 0.162. The Labute approximate surface area is 447 Å². The number of allylic oxidation sites excluding steroid dienone is 6. The monoisotopic (exact) mass is 1100 g/mol. The molecule has 2 fully saturated rings. The number of esters is 2. The Bertz CT molecular complexity index is 2300. The number of rotatable bonds is 17. The molecular weight excluding hydrogens is 1020 g/mol. The summed E-state index contributed by atoms with van der Waals surface area (Å²) in [6.07, 6.45) is 7.59. The van der Waals surface area contributed by atoms with Gasteiger partial charge in [0.15, 0.2) is 0 Å². The lowest BCUT2D eigenvalue weighted by Gasteiger charge is -2.32. The van der Waals surface area contributed by atoms with E-state index in [-0.39, 0.29) is 50.9 Å². The zero-order valence-electron chi connectivity index (χ0n) is 46.1. The van der Waals surface area contributed by atoms with E-state index in [1.807, 2.05) is 142 Å². The van der Waals surface area contributed by atoms with Crippen molar-refractivity contribution in [1.82, 2.24) is 0 Å². The molecule has 0 bridgehead atoms. The van der Waals surface area contributed by atoms with Crippen LogP contribution in [0.3, 0.4) is 0 Å². The van der Waals surface area contributed by atoms with Gasteiger partial charge in [-0.05, 0) is 128 Å². The summed E-state index contributed by atoms with van der Waals surface area (Å²) in [4.78, 5) is 33.8. The first kappa shape index (κ1) is 67.5. The lowest BCUT2D eigenvalue weighted by molar-refractivity contribution is -0.159. The Morgan fingerprint density at radius 3 is 1.59 bits per heavy atom. The van der Waals surface area contributed by atoms with Crippen LogP contribution < -0.4 is 0 Å². The summed E-state index contributed by atoms with van der Waals surface area (Å²) in [5.41, 5.74) is -5.66. The second kappa shape index (κ2) is 29.9. The van der Waals surface area contributed by atoms with Gasteiger partial charge in [-0.2, -0.15) is 21.6 Å². The first-order valence-corrected chi connectivity index (χ1v) is 26.8. The van der Waals surface area contributed by atoms with Crippen molar-refractivity contribution >= 4 is 42.8 Å². The maximum absolute atomic E-state index is 13.9. The number of benzene rings is 2. The van der Waals surface area contributed by atoms with Crippen molar-refractivity contribution in [3.8, 4) is 0 Å². The van der Waals surface area contributed by atoms with Crippen LogP contribution in [0.4, 0.5) is 26.3 Å². The number of carbonyl (C=O) groups is 3. The Hall–Kier alpha value is -4.63. The summed E-state index contributed by atoms with van der Waals surface area (Å²) < 4.78 is 139. The van der Waals surface area contributed by atoms with Gasteiger partial charge in [-0.25, -0.2) is 8.78 Å². The molecule has 2 aliphatic heterocycles. The molecule has 0 radical (unpaired) electrons. The molecule has 2 heterocycles. The molecule has 2 atom stereocenters. The quantitative estimate of drug-likeness (QED) is 0.0280. The first-order valence-electron chi connectivity index (χ1n) is 25.4. The summed E-state index contributed by atoms with van der Waals surface area (Å²) in [7, 11) is -5.44. The maximum Gasteiger partial charge on any atom is 0.534 e. The SMILES string of the molecule is CC.CC1(C)OB(C2=CCC(CF)(C(=O)OCc3ccccc3)CC2)OC1(C)C.CCC/C(=C\CCF)B1OC(C)(C)C(C)(C)O1.COC(=O)C1(CF)CC=C(OS(=O)(=O)C(F)(F)F)CC1.O=COCc1ccccc1. The molecule has 2 aliphatic carbocycles. The van der Waals surface area contributed by atoms with E-state index < -0.39 is 75.8 Å². The number of halogens is 6. The van der Waals surface area contributed by atoms with Gasteiger partial charge in [-0.3, -0.25) is 18.8 Å². The molecule has 0 aromatic heterocycles. The number of methoxy groups -OCH3 is 1. The lowest BCUT2D eigenvalue weighted by Crippen LogP contribution is -2.41. The van der Waals surface area contributed by atoms with Gasteiger partial charge in [0.25, 0.3) is 6.47 Å². The summed E-state index contributed by atoms with van der Waals surface area (Å²) in [5.74, 6) is -1.78. The fraction of sp³-hybridized carbons (Fsp3) is 0.611. The van der Waals surface area contributed by atoms with Crippen molar-refractivity contribution in [2.75, 3.05) is 27.1 Å². The molecule has 0 amide bonds. The van der Waals surface area contributed by atoms with E-state index in [9.17, 15) is 49.1 Å². The molecular formula is C54H78B2F6O13S. The highest BCUT2D eigenvalue weighted by Gasteiger charge is 2.55. The third-order valence-electron chi connectivity index (χ3n) is 13.8. The highest BCUT2D eigenvalue weighted by molar-refractivity contribution is 7.87. The third-order valence-corrected chi connectivity index (χ3v) is 14.8. The van der Waals surface area contributed by atoms with Crippen LogP contribution in [0.5, 0.6) is 0 Å². The molecule has 2 aromatic carbocycles. The fourth-order valence-corrected chi connectivity index (χ4v) is 8.15. The van der Waals surface area contributed by atoms with Crippen LogP contribution in [0.1, 0.15) is 145 Å². The Kier molecular flexibility index (Phi) is 26.6. The molecule has 0 spiro atoms. The van der Waals surface area contributed by atoms with E-state index in [1.54, 1.807) is 0 Å².